The van der Waals surface area contributed by atoms with Gasteiger partial charge in [0.2, 0.25) is 5.82 Å². The van der Waals surface area contributed by atoms with Crippen LogP contribution < -0.4 is 0 Å². The summed E-state index contributed by atoms with van der Waals surface area (Å²) in [5, 5.41) is 18.6. The lowest BCUT2D eigenvalue weighted by atomic mass is 10.2. The number of hydrogen-bond donors (Lipinski definition) is 0. The maximum Gasteiger partial charge on any atom is 0.206 e. The topological polar surface area (TPSA) is 68.9 Å². The minimum absolute atomic E-state index is 0.444. The standard InChI is InChI=1S/C9H7ClN6S/c1-4-5(2)8-12-13-9(6-3-17-15-11-6)16(8)14-7(4)10/h3H,1-2H3. The Morgan fingerprint density at radius 3 is 2.71 bits per heavy atom. The summed E-state index contributed by atoms with van der Waals surface area (Å²) in [5.74, 6) is 0.554. The van der Waals surface area contributed by atoms with Crippen LogP contribution in [0.3, 0.4) is 0 Å². The molecule has 0 N–H and O–H groups in total. The molecule has 0 aliphatic carbocycles. The molecule has 3 aromatic rings. The summed E-state index contributed by atoms with van der Waals surface area (Å²) < 4.78 is 5.40. The van der Waals surface area contributed by atoms with Gasteiger partial charge in [0.05, 0.1) is 0 Å². The SMILES string of the molecule is Cc1c(Cl)nn2c(-c3csnn3)nnc2c1C. The molecule has 0 spiro atoms. The first-order valence-corrected chi connectivity index (χ1v) is 6.05. The van der Waals surface area contributed by atoms with Crippen molar-refractivity contribution in [1.82, 2.24) is 29.4 Å². The minimum Gasteiger partial charge on any atom is -0.189 e. The highest BCUT2D eigenvalue weighted by Crippen LogP contribution is 2.23. The first-order valence-electron chi connectivity index (χ1n) is 4.84. The Labute approximate surface area is 105 Å². The van der Waals surface area contributed by atoms with E-state index >= 15 is 0 Å². The monoisotopic (exact) mass is 266 g/mol. The van der Waals surface area contributed by atoms with Gasteiger partial charge in [-0.15, -0.1) is 15.3 Å². The Bertz CT molecular complexity index is 689. The number of fused-ring (bicyclic) bond motifs is 1. The first kappa shape index (κ1) is 10.5. The molecule has 0 amide bonds. The predicted octanol–water partition coefficient (Wildman–Crippen LogP) is 1.91. The van der Waals surface area contributed by atoms with Gasteiger partial charge in [-0.05, 0) is 30.9 Å². The fourth-order valence-electron chi connectivity index (χ4n) is 1.52. The molecule has 6 nitrogen and oxygen atoms in total. The Kier molecular flexibility index (Phi) is 2.30. The van der Waals surface area contributed by atoms with Gasteiger partial charge >= 0.3 is 0 Å². The Hall–Kier alpha value is -1.60. The molecule has 0 bridgehead atoms. The van der Waals surface area contributed by atoms with Crippen LogP contribution in [-0.2, 0) is 0 Å². The first-order chi connectivity index (χ1) is 8.18. The maximum absolute atomic E-state index is 6.06. The van der Waals surface area contributed by atoms with Crippen molar-refractivity contribution in [2.45, 2.75) is 13.8 Å². The molecule has 17 heavy (non-hydrogen) atoms. The van der Waals surface area contributed by atoms with Crippen LogP contribution in [0, 0.1) is 13.8 Å². The summed E-state index contributed by atoms with van der Waals surface area (Å²) in [6, 6.07) is 0. The van der Waals surface area contributed by atoms with Crippen LogP contribution in [0.25, 0.3) is 17.2 Å². The van der Waals surface area contributed by atoms with Crippen LogP contribution >= 0.6 is 23.1 Å². The van der Waals surface area contributed by atoms with Gasteiger partial charge in [0, 0.05) is 10.9 Å². The number of nitrogens with zero attached hydrogens (tertiary/aromatic N) is 6. The molecule has 0 unspecified atom stereocenters. The molecule has 3 rings (SSSR count). The molecule has 0 atom stereocenters. The van der Waals surface area contributed by atoms with Gasteiger partial charge in [-0.2, -0.15) is 9.61 Å². The summed E-state index contributed by atoms with van der Waals surface area (Å²) >= 11 is 7.32. The van der Waals surface area contributed by atoms with Crippen molar-refractivity contribution >= 4 is 28.8 Å². The number of aryl methyl sites for hydroxylation is 1. The van der Waals surface area contributed by atoms with E-state index in [0.29, 0.717) is 22.3 Å². The molecule has 0 saturated carbocycles. The molecule has 0 aromatic carbocycles. The maximum atomic E-state index is 6.06. The van der Waals surface area contributed by atoms with Crippen LogP contribution in [0.15, 0.2) is 5.38 Å². The van der Waals surface area contributed by atoms with Crippen molar-refractivity contribution < 1.29 is 0 Å². The summed E-state index contributed by atoms with van der Waals surface area (Å²) in [5.41, 5.74) is 3.21. The summed E-state index contributed by atoms with van der Waals surface area (Å²) in [6.07, 6.45) is 0. The molecular weight excluding hydrogens is 260 g/mol. The lowest BCUT2D eigenvalue weighted by Crippen LogP contribution is -2.00. The van der Waals surface area contributed by atoms with Crippen LogP contribution in [-0.4, -0.2) is 29.4 Å². The van der Waals surface area contributed by atoms with Crippen molar-refractivity contribution in [3.63, 3.8) is 0 Å². The summed E-state index contributed by atoms with van der Waals surface area (Å²) in [7, 11) is 0. The van der Waals surface area contributed by atoms with E-state index in [0.717, 1.165) is 11.1 Å². The fraction of sp³-hybridized carbons (Fsp3) is 0.222. The number of rotatable bonds is 1. The van der Waals surface area contributed by atoms with E-state index in [1.165, 1.54) is 11.5 Å². The van der Waals surface area contributed by atoms with Crippen molar-refractivity contribution in [2.75, 3.05) is 0 Å². The third kappa shape index (κ3) is 1.50. The van der Waals surface area contributed by atoms with Crippen molar-refractivity contribution in [3.8, 4) is 11.5 Å². The van der Waals surface area contributed by atoms with Crippen LogP contribution in [0.4, 0.5) is 0 Å². The van der Waals surface area contributed by atoms with Gasteiger partial charge in [0.15, 0.2) is 10.8 Å². The smallest absolute Gasteiger partial charge is 0.189 e. The van der Waals surface area contributed by atoms with Crippen LogP contribution in [0.2, 0.25) is 5.15 Å². The second kappa shape index (κ2) is 3.71. The Balaban J connectivity index is 2.37. The average molecular weight is 267 g/mol. The van der Waals surface area contributed by atoms with Gasteiger partial charge in [0.1, 0.15) is 5.69 Å². The molecule has 3 aromatic heterocycles. The lowest BCUT2D eigenvalue weighted by molar-refractivity contribution is 0.911. The largest absolute Gasteiger partial charge is 0.206 e. The normalized spacial score (nSPS) is 11.2. The molecule has 0 aliphatic rings. The molecule has 0 fully saturated rings. The van der Waals surface area contributed by atoms with Crippen LogP contribution in [0.5, 0.6) is 0 Å². The highest BCUT2D eigenvalue weighted by molar-refractivity contribution is 7.03. The fourth-order valence-corrected chi connectivity index (χ4v) is 2.17. The summed E-state index contributed by atoms with van der Waals surface area (Å²) in [6.45, 7) is 3.85. The number of aromatic nitrogens is 6. The van der Waals surface area contributed by atoms with Gasteiger partial charge in [-0.25, -0.2) is 0 Å². The van der Waals surface area contributed by atoms with E-state index in [-0.39, 0.29) is 0 Å². The average Bonchev–Trinajstić information content (AvgIpc) is 2.93. The van der Waals surface area contributed by atoms with Gasteiger partial charge < -0.3 is 0 Å². The second-order valence-corrected chi connectivity index (χ2v) is 4.56. The minimum atomic E-state index is 0.444. The van der Waals surface area contributed by atoms with E-state index in [1.807, 2.05) is 13.8 Å². The molecule has 0 saturated heterocycles. The van der Waals surface area contributed by atoms with Gasteiger partial charge in [0.25, 0.3) is 0 Å². The van der Waals surface area contributed by atoms with E-state index in [9.17, 15) is 0 Å². The third-order valence-electron chi connectivity index (χ3n) is 2.62. The van der Waals surface area contributed by atoms with E-state index in [1.54, 1.807) is 9.90 Å². The Morgan fingerprint density at radius 2 is 2.00 bits per heavy atom. The summed E-state index contributed by atoms with van der Waals surface area (Å²) in [4.78, 5) is 0. The van der Waals surface area contributed by atoms with Crippen LogP contribution in [0.1, 0.15) is 11.1 Å². The van der Waals surface area contributed by atoms with E-state index < -0.39 is 0 Å². The molecule has 8 heteroatoms. The molecular formula is C9H7ClN6S. The number of halogens is 1. The Morgan fingerprint density at radius 1 is 1.18 bits per heavy atom. The van der Waals surface area contributed by atoms with Crippen molar-refractivity contribution in [1.29, 1.82) is 0 Å². The third-order valence-corrected chi connectivity index (χ3v) is 3.49. The van der Waals surface area contributed by atoms with Crippen molar-refractivity contribution in [2.24, 2.45) is 0 Å². The zero-order chi connectivity index (χ0) is 12.0. The second-order valence-electron chi connectivity index (χ2n) is 3.59. The highest BCUT2D eigenvalue weighted by Gasteiger charge is 2.16. The molecule has 0 aliphatic heterocycles. The van der Waals surface area contributed by atoms with Gasteiger partial charge in [-0.1, -0.05) is 16.1 Å². The molecule has 3 heterocycles. The van der Waals surface area contributed by atoms with E-state index in [4.69, 9.17) is 11.6 Å². The zero-order valence-corrected chi connectivity index (χ0v) is 10.6. The zero-order valence-electron chi connectivity index (χ0n) is 9.05. The molecule has 0 radical (unpaired) electrons. The van der Waals surface area contributed by atoms with Gasteiger partial charge in [-0.3, -0.25) is 0 Å². The lowest BCUT2D eigenvalue weighted by Gasteiger charge is -2.03. The highest BCUT2D eigenvalue weighted by atomic mass is 35.5. The quantitative estimate of drug-likeness (QED) is 0.673. The number of hydrogen-bond acceptors (Lipinski definition) is 6. The van der Waals surface area contributed by atoms with E-state index in [2.05, 4.69) is 24.9 Å². The molecule has 86 valence electrons. The predicted molar refractivity (Wildman–Crippen MR) is 64.2 cm³/mol. The van der Waals surface area contributed by atoms with Crippen molar-refractivity contribution in [3.05, 3.63) is 21.7 Å².